The second kappa shape index (κ2) is 4.96. The summed E-state index contributed by atoms with van der Waals surface area (Å²) in [5.74, 6) is 0. The molecule has 1 aliphatic rings. The summed E-state index contributed by atoms with van der Waals surface area (Å²) < 4.78 is 12.9. The number of hydrogen-bond donors (Lipinski definition) is 1. The first-order valence-electron chi connectivity index (χ1n) is 6.70. The quantitative estimate of drug-likeness (QED) is 0.832. The van der Waals surface area contributed by atoms with Crippen molar-refractivity contribution in [2.24, 2.45) is 0 Å². The van der Waals surface area contributed by atoms with E-state index in [4.69, 9.17) is 0 Å². The fraction of sp³-hybridized carbons (Fsp3) is 0.250. The van der Waals surface area contributed by atoms with Gasteiger partial charge in [-0.05, 0) is 42.5 Å². The normalized spacial score (nSPS) is 18.9. The van der Waals surface area contributed by atoms with Crippen molar-refractivity contribution >= 4 is 23.4 Å². The molecular formula is C16H17O2P. The van der Waals surface area contributed by atoms with Crippen LogP contribution in [-0.4, -0.2) is 4.89 Å². The first-order chi connectivity index (χ1) is 9.19. The summed E-state index contributed by atoms with van der Waals surface area (Å²) in [5.41, 5.74) is 0. The van der Waals surface area contributed by atoms with Crippen molar-refractivity contribution in [3.8, 4) is 0 Å². The van der Waals surface area contributed by atoms with Crippen LogP contribution in [-0.2, 0) is 4.57 Å². The van der Waals surface area contributed by atoms with E-state index >= 15 is 0 Å². The van der Waals surface area contributed by atoms with Crippen molar-refractivity contribution < 1.29 is 9.46 Å². The molecule has 0 aliphatic heterocycles. The van der Waals surface area contributed by atoms with E-state index in [0.717, 1.165) is 41.8 Å². The van der Waals surface area contributed by atoms with Gasteiger partial charge in [-0.25, -0.2) is 0 Å². The summed E-state index contributed by atoms with van der Waals surface area (Å²) in [6.07, 6.45) is 5.77. The van der Waals surface area contributed by atoms with E-state index in [1.807, 2.05) is 42.5 Å². The first-order valence-corrected chi connectivity index (χ1v) is 8.36. The lowest BCUT2D eigenvalue weighted by Gasteiger charge is -2.20. The lowest BCUT2D eigenvalue weighted by molar-refractivity contribution is 0.493. The molecule has 98 valence electrons. The molecule has 0 heterocycles. The maximum Gasteiger partial charge on any atom is 0.255 e. The molecule has 3 heteroatoms. The Hall–Kier alpha value is -1.37. The number of rotatable bonds is 2. The summed E-state index contributed by atoms with van der Waals surface area (Å²) in [6, 6.07) is 13.4. The molecule has 2 nitrogen and oxygen atoms in total. The third kappa shape index (κ3) is 2.27. The Balaban J connectivity index is 2.18. The highest BCUT2D eigenvalue weighted by Gasteiger charge is 2.29. The molecule has 0 saturated carbocycles. The highest BCUT2D eigenvalue weighted by Crippen LogP contribution is 2.53. The van der Waals surface area contributed by atoms with Gasteiger partial charge in [0.05, 0.1) is 0 Å². The van der Waals surface area contributed by atoms with E-state index in [1.165, 1.54) is 0 Å². The van der Waals surface area contributed by atoms with Gasteiger partial charge >= 0.3 is 0 Å². The predicted molar refractivity (Wildman–Crippen MR) is 80.0 cm³/mol. The van der Waals surface area contributed by atoms with Gasteiger partial charge in [-0.3, -0.25) is 4.57 Å². The van der Waals surface area contributed by atoms with E-state index in [2.05, 4.69) is 0 Å². The average molecular weight is 272 g/mol. The molecule has 1 N–H and O–H groups in total. The third-order valence-electron chi connectivity index (χ3n) is 3.75. The lowest BCUT2D eigenvalue weighted by Crippen LogP contribution is -2.09. The standard InChI is InChI=1S/C16H17O2P/c17-19(18,14-9-2-1-3-10-14)16-12-6-8-13-7-4-5-11-15(13)16/h4-9,11-12H,1-3,10H2,(H,17,18). The minimum atomic E-state index is -3.40. The number of allylic oxidation sites excluding steroid dienone is 2. The highest BCUT2D eigenvalue weighted by atomic mass is 31.2. The molecule has 0 spiro atoms. The molecule has 19 heavy (non-hydrogen) atoms. The smallest absolute Gasteiger partial charge is 0.255 e. The molecular weight excluding hydrogens is 255 g/mol. The van der Waals surface area contributed by atoms with Crippen molar-refractivity contribution in [3.05, 3.63) is 53.9 Å². The lowest BCUT2D eigenvalue weighted by atomic mass is 10.1. The summed E-state index contributed by atoms with van der Waals surface area (Å²) >= 11 is 0. The van der Waals surface area contributed by atoms with Crippen LogP contribution in [0, 0.1) is 0 Å². The maximum absolute atomic E-state index is 12.9. The summed E-state index contributed by atoms with van der Waals surface area (Å²) in [5, 5.41) is 3.22. The highest BCUT2D eigenvalue weighted by molar-refractivity contribution is 7.70. The molecule has 2 aromatic rings. The molecule has 0 bridgehead atoms. The zero-order valence-electron chi connectivity index (χ0n) is 10.7. The van der Waals surface area contributed by atoms with Crippen LogP contribution in [0.25, 0.3) is 10.8 Å². The topological polar surface area (TPSA) is 37.3 Å². The van der Waals surface area contributed by atoms with Gasteiger partial charge in [0.2, 0.25) is 0 Å². The van der Waals surface area contributed by atoms with Gasteiger partial charge in [0.25, 0.3) is 7.37 Å². The SMILES string of the molecule is O=P(O)(C1=CCCCC1)c1cccc2ccccc12. The molecule has 1 atom stereocenters. The van der Waals surface area contributed by atoms with Crippen LogP contribution in [0.3, 0.4) is 0 Å². The molecule has 0 fully saturated rings. The van der Waals surface area contributed by atoms with Crippen LogP contribution in [0.5, 0.6) is 0 Å². The fourth-order valence-corrected chi connectivity index (χ4v) is 4.69. The van der Waals surface area contributed by atoms with Gasteiger partial charge in [-0.2, -0.15) is 0 Å². The number of fused-ring (bicyclic) bond motifs is 1. The molecule has 0 amide bonds. The first kappa shape index (κ1) is 12.7. The van der Waals surface area contributed by atoms with Crippen molar-refractivity contribution in [1.82, 2.24) is 0 Å². The monoisotopic (exact) mass is 272 g/mol. The summed E-state index contributed by atoms with van der Waals surface area (Å²) in [4.78, 5) is 10.6. The molecule has 2 aromatic carbocycles. The van der Waals surface area contributed by atoms with Crippen molar-refractivity contribution in [1.29, 1.82) is 0 Å². The van der Waals surface area contributed by atoms with Crippen LogP contribution in [0.15, 0.2) is 53.9 Å². The van der Waals surface area contributed by atoms with E-state index in [0.29, 0.717) is 5.30 Å². The summed E-state index contributed by atoms with van der Waals surface area (Å²) in [7, 11) is -3.40. The molecule has 0 radical (unpaired) electrons. The van der Waals surface area contributed by atoms with Gasteiger partial charge in [0.15, 0.2) is 0 Å². The van der Waals surface area contributed by atoms with Crippen LogP contribution in [0.1, 0.15) is 25.7 Å². The zero-order valence-corrected chi connectivity index (χ0v) is 11.6. The average Bonchev–Trinajstić information content (AvgIpc) is 2.47. The Kier molecular flexibility index (Phi) is 3.30. The van der Waals surface area contributed by atoms with Gasteiger partial charge in [0, 0.05) is 10.6 Å². The van der Waals surface area contributed by atoms with Gasteiger partial charge in [0.1, 0.15) is 0 Å². The molecule has 0 saturated heterocycles. The maximum atomic E-state index is 12.9. The largest absolute Gasteiger partial charge is 0.338 e. The second-order valence-electron chi connectivity index (χ2n) is 5.02. The minimum Gasteiger partial charge on any atom is -0.338 e. The molecule has 1 unspecified atom stereocenters. The van der Waals surface area contributed by atoms with Gasteiger partial charge in [-0.1, -0.05) is 42.5 Å². The Bertz CT molecular complexity index is 683. The summed E-state index contributed by atoms with van der Waals surface area (Å²) in [6.45, 7) is 0. The Morgan fingerprint density at radius 1 is 1.00 bits per heavy atom. The van der Waals surface area contributed by atoms with Crippen LogP contribution in [0.4, 0.5) is 0 Å². The molecule has 0 aromatic heterocycles. The minimum absolute atomic E-state index is 0.582. The van der Waals surface area contributed by atoms with Crippen LogP contribution in [0.2, 0.25) is 0 Å². The Morgan fingerprint density at radius 3 is 2.58 bits per heavy atom. The Morgan fingerprint density at radius 2 is 1.79 bits per heavy atom. The second-order valence-corrected chi connectivity index (χ2v) is 7.22. The van der Waals surface area contributed by atoms with Crippen molar-refractivity contribution in [2.45, 2.75) is 25.7 Å². The Labute approximate surface area is 113 Å². The van der Waals surface area contributed by atoms with Gasteiger partial charge in [-0.15, -0.1) is 0 Å². The van der Waals surface area contributed by atoms with Crippen molar-refractivity contribution in [2.75, 3.05) is 0 Å². The van der Waals surface area contributed by atoms with E-state index in [-0.39, 0.29) is 0 Å². The van der Waals surface area contributed by atoms with E-state index in [1.54, 1.807) is 6.07 Å². The van der Waals surface area contributed by atoms with Crippen molar-refractivity contribution in [3.63, 3.8) is 0 Å². The number of benzene rings is 2. The van der Waals surface area contributed by atoms with Gasteiger partial charge < -0.3 is 4.89 Å². The van der Waals surface area contributed by atoms with Crippen LogP contribution >= 0.6 is 7.37 Å². The number of hydrogen-bond acceptors (Lipinski definition) is 1. The third-order valence-corrected chi connectivity index (χ3v) is 5.98. The molecule has 3 rings (SSSR count). The van der Waals surface area contributed by atoms with E-state index in [9.17, 15) is 9.46 Å². The van der Waals surface area contributed by atoms with Crippen LogP contribution < -0.4 is 5.30 Å². The molecule has 1 aliphatic carbocycles. The zero-order chi connectivity index (χ0) is 13.3. The predicted octanol–water partition coefficient (Wildman–Crippen LogP) is 4.19. The van der Waals surface area contributed by atoms with E-state index < -0.39 is 7.37 Å². The fourth-order valence-electron chi connectivity index (χ4n) is 2.72.